The van der Waals surface area contributed by atoms with Crippen LogP contribution in [0.1, 0.15) is 25.7 Å². The van der Waals surface area contributed by atoms with E-state index in [0.29, 0.717) is 36.7 Å². The molecule has 0 radical (unpaired) electrons. The van der Waals surface area contributed by atoms with Crippen LogP contribution in [0.5, 0.6) is 0 Å². The number of benzene rings is 1. The number of carboxylic acid groups (broad SMARTS) is 1. The summed E-state index contributed by atoms with van der Waals surface area (Å²) in [6.07, 6.45) is 1.65. The Morgan fingerprint density at radius 1 is 1.29 bits per heavy atom. The number of rotatable bonds is 5. The molecule has 1 fully saturated rings. The van der Waals surface area contributed by atoms with E-state index in [1.165, 1.54) is 9.58 Å². The molecule has 2 aromatic rings. The Balaban J connectivity index is 1.62. The van der Waals surface area contributed by atoms with Gasteiger partial charge in [0.1, 0.15) is 5.52 Å². The van der Waals surface area contributed by atoms with E-state index in [0.717, 1.165) is 0 Å². The fraction of sp³-hybridized carbons (Fsp3) is 0.438. The van der Waals surface area contributed by atoms with Gasteiger partial charge in [0.05, 0.1) is 17.4 Å². The van der Waals surface area contributed by atoms with Crippen molar-refractivity contribution in [2.75, 3.05) is 6.54 Å². The first-order valence-electron chi connectivity index (χ1n) is 7.91. The molecule has 1 aliphatic heterocycles. The van der Waals surface area contributed by atoms with Crippen LogP contribution < -0.4 is 10.7 Å². The Morgan fingerprint density at radius 2 is 2.08 bits per heavy atom. The molecule has 8 heteroatoms. The van der Waals surface area contributed by atoms with E-state index < -0.39 is 12.0 Å². The first-order valence-corrected chi connectivity index (χ1v) is 7.91. The molecule has 0 bridgehead atoms. The van der Waals surface area contributed by atoms with Crippen LogP contribution in [0.15, 0.2) is 29.1 Å². The molecule has 1 saturated heterocycles. The van der Waals surface area contributed by atoms with Crippen molar-refractivity contribution >= 4 is 22.8 Å². The summed E-state index contributed by atoms with van der Waals surface area (Å²) in [7, 11) is 0. The van der Waals surface area contributed by atoms with Crippen molar-refractivity contribution in [3.05, 3.63) is 34.6 Å². The summed E-state index contributed by atoms with van der Waals surface area (Å²) in [5.41, 5.74) is 0.283. The molecule has 1 atom stereocenters. The lowest BCUT2D eigenvalue weighted by Gasteiger charge is -2.25. The number of likely N-dealkylation sites (tertiary alicyclic amines) is 1. The minimum absolute atomic E-state index is 0.157. The summed E-state index contributed by atoms with van der Waals surface area (Å²) in [5.74, 6) is -1.44. The maximum atomic E-state index is 12.3. The molecule has 1 amide bonds. The van der Waals surface area contributed by atoms with Gasteiger partial charge < -0.3 is 14.8 Å². The predicted molar refractivity (Wildman–Crippen MR) is 82.8 cm³/mol. The monoisotopic (exact) mass is 329 g/mol. The number of carboxylic acids is 1. The van der Waals surface area contributed by atoms with Gasteiger partial charge in [-0.3, -0.25) is 9.59 Å². The van der Waals surface area contributed by atoms with Crippen LogP contribution >= 0.6 is 0 Å². The maximum absolute atomic E-state index is 12.3. The normalized spacial score (nSPS) is 17.3. The molecule has 0 spiro atoms. The third-order valence-corrected chi connectivity index (χ3v) is 4.24. The second-order valence-electron chi connectivity index (χ2n) is 5.80. The number of amides is 1. The Morgan fingerprint density at radius 3 is 2.88 bits per heavy atom. The number of hydrogen-bond donors (Lipinski definition) is 0. The molecular formula is C16H17N4O4-. The molecule has 8 nitrogen and oxygen atoms in total. The molecule has 2 heterocycles. The first-order chi connectivity index (χ1) is 11.6. The zero-order chi connectivity index (χ0) is 17.1. The van der Waals surface area contributed by atoms with Crippen LogP contribution in [0, 0.1) is 0 Å². The second-order valence-corrected chi connectivity index (χ2v) is 5.80. The minimum atomic E-state index is -1.21. The molecule has 0 N–H and O–H groups in total. The lowest BCUT2D eigenvalue weighted by atomic mass is 10.2. The quantitative estimate of drug-likeness (QED) is 0.718. The molecule has 0 unspecified atom stereocenters. The van der Waals surface area contributed by atoms with Crippen LogP contribution in [0.3, 0.4) is 0 Å². The smallest absolute Gasteiger partial charge is 0.277 e. The third-order valence-electron chi connectivity index (χ3n) is 4.24. The Hall–Kier alpha value is -2.77. The summed E-state index contributed by atoms with van der Waals surface area (Å²) in [4.78, 5) is 36.8. The highest BCUT2D eigenvalue weighted by Gasteiger charge is 2.28. The Bertz CT molecular complexity index is 832. The van der Waals surface area contributed by atoms with Gasteiger partial charge in [-0.05, 0) is 31.4 Å². The van der Waals surface area contributed by atoms with Gasteiger partial charge in [0.25, 0.3) is 5.56 Å². The number of nitrogens with zero attached hydrogens (tertiary/aromatic N) is 4. The predicted octanol–water partition coefficient (Wildman–Crippen LogP) is -0.687. The molecule has 0 saturated carbocycles. The fourth-order valence-electron chi connectivity index (χ4n) is 3.00. The van der Waals surface area contributed by atoms with Gasteiger partial charge in [0.2, 0.25) is 5.91 Å². The molecule has 3 rings (SSSR count). The van der Waals surface area contributed by atoms with Crippen molar-refractivity contribution in [3.63, 3.8) is 0 Å². The highest BCUT2D eigenvalue weighted by atomic mass is 16.4. The third kappa shape index (κ3) is 3.12. The van der Waals surface area contributed by atoms with E-state index in [2.05, 4.69) is 10.3 Å². The van der Waals surface area contributed by atoms with Gasteiger partial charge in [0.15, 0.2) is 0 Å². The van der Waals surface area contributed by atoms with Crippen molar-refractivity contribution in [1.82, 2.24) is 19.9 Å². The summed E-state index contributed by atoms with van der Waals surface area (Å²) >= 11 is 0. The average Bonchev–Trinajstić information content (AvgIpc) is 3.07. The number of aromatic nitrogens is 3. The van der Waals surface area contributed by atoms with Gasteiger partial charge in [-0.25, -0.2) is 4.68 Å². The van der Waals surface area contributed by atoms with Gasteiger partial charge in [0, 0.05) is 19.5 Å². The topological polar surface area (TPSA) is 108 Å². The molecule has 126 valence electrons. The fourth-order valence-corrected chi connectivity index (χ4v) is 3.00. The summed E-state index contributed by atoms with van der Waals surface area (Å²) < 4.78 is 1.23. The Labute approximate surface area is 137 Å². The number of hydrogen-bond acceptors (Lipinski definition) is 6. The van der Waals surface area contributed by atoms with E-state index >= 15 is 0 Å². The van der Waals surface area contributed by atoms with E-state index in [-0.39, 0.29) is 24.4 Å². The van der Waals surface area contributed by atoms with Gasteiger partial charge >= 0.3 is 0 Å². The average molecular weight is 329 g/mol. The zero-order valence-electron chi connectivity index (χ0n) is 13.1. The lowest BCUT2D eigenvalue weighted by molar-refractivity contribution is -0.310. The molecule has 1 aromatic heterocycles. The molecule has 24 heavy (non-hydrogen) atoms. The first kappa shape index (κ1) is 16.1. The van der Waals surface area contributed by atoms with E-state index in [4.69, 9.17) is 0 Å². The van der Waals surface area contributed by atoms with Crippen LogP contribution in [0.2, 0.25) is 0 Å². The molecule has 1 aromatic carbocycles. The number of carbonyl (C=O) groups is 2. The van der Waals surface area contributed by atoms with Gasteiger partial charge in [-0.1, -0.05) is 17.3 Å². The van der Waals surface area contributed by atoms with Crippen molar-refractivity contribution in [2.45, 2.75) is 38.3 Å². The minimum Gasteiger partial charge on any atom is -0.548 e. The highest BCUT2D eigenvalue weighted by Crippen LogP contribution is 2.18. The van der Waals surface area contributed by atoms with Crippen molar-refractivity contribution in [3.8, 4) is 0 Å². The number of carbonyl (C=O) groups excluding carboxylic acids is 2. The molecular weight excluding hydrogens is 312 g/mol. The summed E-state index contributed by atoms with van der Waals surface area (Å²) in [5, 5.41) is 19.3. The SMILES string of the molecule is O=C([O-])[C@@H]1CCCN1C(=O)CCCn1nnc2ccccc2c1=O. The number of fused-ring (bicyclic) bond motifs is 1. The zero-order valence-corrected chi connectivity index (χ0v) is 13.1. The van der Waals surface area contributed by atoms with E-state index in [9.17, 15) is 19.5 Å². The van der Waals surface area contributed by atoms with Gasteiger partial charge in [-0.2, -0.15) is 0 Å². The maximum Gasteiger partial charge on any atom is 0.277 e. The summed E-state index contributed by atoms with van der Waals surface area (Å²) in [6, 6.07) is 6.10. The lowest BCUT2D eigenvalue weighted by Crippen LogP contribution is -2.47. The van der Waals surface area contributed by atoms with Crippen LogP contribution in [-0.2, 0) is 16.1 Å². The van der Waals surface area contributed by atoms with Gasteiger partial charge in [-0.15, -0.1) is 5.10 Å². The van der Waals surface area contributed by atoms with Crippen LogP contribution in [-0.4, -0.2) is 44.4 Å². The molecule has 1 aliphatic rings. The largest absolute Gasteiger partial charge is 0.548 e. The van der Waals surface area contributed by atoms with Crippen LogP contribution in [0.4, 0.5) is 0 Å². The van der Waals surface area contributed by atoms with Crippen molar-refractivity contribution in [2.24, 2.45) is 0 Å². The molecule has 0 aliphatic carbocycles. The number of aliphatic carboxylic acids is 1. The Kier molecular flexibility index (Phi) is 4.54. The summed E-state index contributed by atoms with van der Waals surface area (Å²) in [6.45, 7) is 0.694. The van der Waals surface area contributed by atoms with Crippen LogP contribution in [0.25, 0.3) is 10.9 Å². The van der Waals surface area contributed by atoms with Crippen molar-refractivity contribution < 1.29 is 14.7 Å². The standard InChI is InChI=1S/C16H18N4O4/c21-14(19-9-3-7-13(19)16(23)24)8-4-10-20-15(22)11-5-1-2-6-12(11)17-18-20/h1-2,5-6,13H,3-4,7-10H2,(H,23,24)/p-1/t13-/m0/s1. The number of aryl methyl sites for hydroxylation is 1. The van der Waals surface area contributed by atoms with Crippen molar-refractivity contribution in [1.29, 1.82) is 0 Å². The van der Waals surface area contributed by atoms with E-state index in [1.54, 1.807) is 24.3 Å². The van der Waals surface area contributed by atoms with E-state index in [1.807, 2.05) is 0 Å². The highest BCUT2D eigenvalue weighted by molar-refractivity contribution is 5.83. The second kappa shape index (κ2) is 6.77.